The fourth-order valence-corrected chi connectivity index (χ4v) is 3.77. The van der Waals surface area contributed by atoms with Gasteiger partial charge in [0.15, 0.2) is 6.10 Å². The molecule has 0 aliphatic heterocycles. The minimum Gasteiger partial charge on any atom is -0.462 e. The lowest BCUT2D eigenvalue weighted by Crippen LogP contribution is -2.44. The predicted octanol–water partition coefficient (Wildman–Crippen LogP) is 2.68. The Bertz CT molecular complexity index is 709. The predicted molar refractivity (Wildman–Crippen MR) is 113 cm³/mol. The number of carbonyl (C=O) groups excluding carboxylic acids is 1. The molecular formula is C20H32ClNO6S. The van der Waals surface area contributed by atoms with E-state index in [4.69, 9.17) is 25.3 Å². The van der Waals surface area contributed by atoms with Crippen molar-refractivity contribution >= 4 is 27.7 Å². The molecule has 1 aromatic rings. The van der Waals surface area contributed by atoms with Gasteiger partial charge in [0.2, 0.25) is 0 Å². The van der Waals surface area contributed by atoms with E-state index in [-0.39, 0.29) is 31.5 Å². The first-order valence-corrected chi connectivity index (χ1v) is 11.6. The van der Waals surface area contributed by atoms with Crippen LogP contribution in [0, 0.1) is 5.41 Å². The summed E-state index contributed by atoms with van der Waals surface area (Å²) in [4.78, 5) is 14.6. The minimum atomic E-state index is -3.73. The van der Waals surface area contributed by atoms with Crippen LogP contribution < -0.4 is 0 Å². The van der Waals surface area contributed by atoms with Gasteiger partial charge in [0, 0.05) is 17.8 Å². The number of likely N-dealkylation sites (N-methyl/N-ethyl adjacent to an activating group) is 1. The number of carbonyl (C=O) groups is 1. The van der Waals surface area contributed by atoms with E-state index in [2.05, 4.69) is 0 Å². The van der Waals surface area contributed by atoms with Gasteiger partial charge < -0.3 is 14.4 Å². The molecule has 0 spiro atoms. The summed E-state index contributed by atoms with van der Waals surface area (Å²) < 4.78 is 40.4. The Morgan fingerprint density at radius 2 is 1.86 bits per heavy atom. The van der Waals surface area contributed by atoms with Gasteiger partial charge in [0.05, 0.1) is 19.0 Å². The first kappa shape index (κ1) is 25.8. The monoisotopic (exact) mass is 449 g/mol. The number of esters is 1. The minimum absolute atomic E-state index is 0.171. The Balaban J connectivity index is 2.83. The molecule has 0 radical (unpaired) electrons. The average Bonchev–Trinajstić information content (AvgIpc) is 2.65. The molecule has 9 heteroatoms. The third kappa shape index (κ3) is 10.4. The average molecular weight is 450 g/mol. The molecule has 0 bridgehead atoms. The van der Waals surface area contributed by atoms with Crippen molar-refractivity contribution in [1.29, 1.82) is 0 Å². The van der Waals surface area contributed by atoms with Crippen molar-refractivity contribution in [2.45, 2.75) is 33.0 Å². The van der Waals surface area contributed by atoms with E-state index in [1.807, 2.05) is 49.3 Å². The number of hydrogen-bond donors (Lipinski definition) is 0. The third-order valence-corrected chi connectivity index (χ3v) is 5.64. The first-order valence-electron chi connectivity index (χ1n) is 9.47. The quantitative estimate of drug-likeness (QED) is 0.245. The Kier molecular flexibility index (Phi) is 11.1. The van der Waals surface area contributed by atoms with Crippen LogP contribution in [0.3, 0.4) is 0 Å². The lowest BCUT2D eigenvalue weighted by Gasteiger charge is -2.32. The topological polar surface area (TPSA) is 82.1 Å². The molecule has 0 saturated heterocycles. The highest BCUT2D eigenvalue weighted by Crippen LogP contribution is 2.27. The smallest absolute Gasteiger partial charge is 0.335 e. The zero-order valence-electron chi connectivity index (χ0n) is 17.6. The first-order chi connectivity index (χ1) is 13.6. The largest absolute Gasteiger partial charge is 0.462 e. The van der Waals surface area contributed by atoms with E-state index in [1.165, 1.54) is 0 Å². The molecule has 0 aromatic heterocycles. The molecule has 7 nitrogen and oxygen atoms in total. The van der Waals surface area contributed by atoms with Gasteiger partial charge in [-0.3, -0.25) is 4.18 Å². The highest BCUT2D eigenvalue weighted by Gasteiger charge is 2.39. The number of benzene rings is 1. The number of halogens is 1. The van der Waals surface area contributed by atoms with Crippen molar-refractivity contribution in [3.63, 3.8) is 0 Å². The lowest BCUT2D eigenvalue weighted by atomic mass is 9.87. The molecule has 0 amide bonds. The van der Waals surface area contributed by atoms with E-state index in [0.717, 1.165) is 5.56 Å². The summed E-state index contributed by atoms with van der Waals surface area (Å²) in [5.74, 6) is -0.489. The second-order valence-corrected chi connectivity index (χ2v) is 9.84. The van der Waals surface area contributed by atoms with E-state index in [0.29, 0.717) is 13.0 Å². The number of nitrogens with zero attached hydrogens (tertiary/aromatic N) is 1. The van der Waals surface area contributed by atoms with Crippen LogP contribution >= 0.6 is 11.6 Å². The summed E-state index contributed by atoms with van der Waals surface area (Å²) in [5, 5.41) is 0. The van der Waals surface area contributed by atoms with Crippen LogP contribution in [-0.2, 0) is 35.2 Å². The highest BCUT2D eigenvalue weighted by atomic mass is 35.5. The molecule has 0 N–H and O–H groups in total. The van der Waals surface area contributed by atoms with Crippen LogP contribution in [0.2, 0.25) is 0 Å². The highest BCUT2D eigenvalue weighted by molar-refractivity contribution is 7.86. The summed E-state index contributed by atoms with van der Waals surface area (Å²) in [7, 11) is 0.0212. The van der Waals surface area contributed by atoms with Gasteiger partial charge in [-0.1, -0.05) is 44.2 Å². The molecule has 0 saturated carbocycles. The SMILES string of the molecule is CN(C)CCOC(=O)[C@H](OCc1ccccc1)C(C)(C)COS(=O)(=O)CCCCl. The van der Waals surface area contributed by atoms with E-state index < -0.39 is 27.6 Å². The Morgan fingerprint density at radius 1 is 1.21 bits per heavy atom. The van der Waals surface area contributed by atoms with E-state index in [9.17, 15) is 13.2 Å². The third-order valence-electron chi connectivity index (χ3n) is 4.10. The Hall–Kier alpha value is -1.19. The van der Waals surface area contributed by atoms with Crippen molar-refractivity contribution in [3.05, 3.63) is 35.9 Å². The van der Waals surface area contributed by atoms with Gasteiger partial charge >= 0.3 is 5.97 Å². The van der Waals surface area contributed by atoms with E-state index in [1.54, 1.807) is 13.8 Å². The van der Waals surface area contributed by atoms with Crippen LogP contribution in [-0.4, -0.2) is 70.9 Å². The molecule has 1 rings (SSSR count). The Labute approximate surface area is 179 Å². The molecule has 1 atom stereocenters. The number of alkyl halides is 1. The fraction of sp³-hybridized carbons (Fsp3) is 0.650. The lowest BCUT2D eigenvalue weighted by molar-refractivity contribution is -0.169. The van der Waals surface area contributed by atoms with Gasteiger partial charge in [-0.05, 0) is 26.1 Å². The van der Waals surface area contributed by atoms with Gasteiger partial charge in [0.25, 0.3) is 10.1 Å². The van der Waals surface area contributed by atoms with Crippen LogP contribution in [0.15, 0.2) is 30.3 Å². The molecule has 0 aliphatic carbocycles. The summed E-state index contributed by atoms with van der Waals surface area (Å²) in [6, 6.07) is 9.41. The van der Waals surface area contributed by atoms with Crippen LogP contribution in [0.4, 0.5) is 0 Å². The van der Waals surface area contributed by atoms with E-state index >= 15 is 0 Å². The maximum Gasteiger partial charge on any atom is 0.335 e. The Morgan fingerprint density at radius 3 is 2.45 bits per heavy atom. The standard InChI is InChI=1S/C20H32ClNO6S/c1-20(2,16-28-29(24,25)14-8-11-21)18(19(23)26-13-12-22(3)4)27-15-17-9-6-5-7-10-17/h5-7,9-10,18H,8,11-16H2,1-4H3/t18-/m0/s1. The number of rotatable bonds is 14. The van der Waals surface area contributed by atoms with Crippen LogP contribution in [0.1, 0.15) is 25.8 Å². The van der Waals surface area contributed by atoms with Crippen molar-refractivity contribution in [2.75, 3.05) is 45.5 Å². The molecule has 0 heterocycles. The molecule has 0 unspecified atom stereocenters. The van der Waals surface area contributed by atoms with Gasteiger partial charge in [-0.25, -0.2) is 4.79 Å². The molecule has 0 fully saturated rings. The summed E-state index contributed by atoms with van der Waals surface area (Å²) >= 11 is 5.56. The summed E-state index contributed by atoms with van der Waals surface area (Å²) in [6.45, 7) is 4.19. The van der Waals surface area contributed by atoms with Crippen LogP contribution in [0.5, 0.6) is 0 Å². The zero-order chi connectivity index (χ0) is 21.9. The van der Waals surface area contributed by atoms with Crippen LogP contribution in [0.25, 0.3) is 0 Å². The van der Waals surface area contributed by atoms with Gasteiger partial charge in [-0.2, -0.15) is 8.42 Å². The second-order valence-electron chi connectivity index (χ2n) is 7.70. The van der Waals surface area contributed by atoms with Crippen molar-refractivity contribution in [2.24, 2.45) is 5.41 Å². The molecule has 0 aliphatic rings. The maximum absolute atomic E-state index is 12.7. The van der Waals surface area contributed by atoms with Gasteiger partial charge in [0.1, 0.15) is 6.61 Å². The summed E-state index contributed by atoms with van der Waals surface area (Å²) in [6.07, 6.45) is -0.696. The molecule has 29 heavy (non-hydrogen) atoms. The zero-order valence-corrected chi connectivity index (χ0v) is 19.2. The maximum atomic E-state index is 12.7. The fourth-order valence-electron chi connectivity index (χ4n) is 2.38. The molecule has 1 aromatic carbocycles. The molecular weight excluding hydrogens is 418 g/mol. The molecule has 166 valence electrons. The van der Waals surface area contributed by atoms with Crippen molar-refractivity contribution in [1.82, 2.24) is 4.90 Å². The number of hydrogen-bond acceptors (Lipinski definition) is 7. The second kappa shape index (κ2) is 12.5. The van der Waals surface area contributed by atoms with Crippen molar-refractivity contribution < 1.29 is 26.9 Å². The number of ether oxygens (including phenoxy) is 2. The van der Waals surface area contributed by atoms with Gasteiger partial charge in [-0.15, -0.1) is 11.6 Å². The van der Waals surface area contributed by atoms with Crippen molar-refractivity contribution in [3.8, 4) is 0 Å². The summed E-state index contributed by atoms with van der Waals surface area (Å²) in [5.41, 5.74) is -0.0390. The normalized spacial score (nSPS) is 13.4.